The lowest BCUT2D eigenvalue weighted by atomic mass is 10.1. The van der Waals surface area contributed by atoms with E-state index in [1.807, 2.05) is 0 Å². The van der Waals surface area contributed by atoms with Gasteiger partial charge in [-0.1, -0.05) is 12.1 Å². The lowest BCUT2D eigenvalue weighted by Crippen LogP contribution is -2.32. The van der Waals surface area contributed by atoms with Crippen molar-refractivity contribution >= 4 is 27.5 Å². The quantitative estimate of drug-likeness (QED) is 0.691. The number of aliphatic carboxylic acids is 1. The molecule has 0 bridgehead atoms. The molecule has 116 valence electrons. The number of carboxylic acids is 1. The molecule has 0 spiro atoms. The molecule has 0 radical (unpaired) electrons. The molecule has 0 aliphatic carbocycles. The molecule has 1 aromatic carbocycles. The first kappa shape index (κ1) is 17.0. The molecule has 2 amide bonds. The number of amides is 2. The Labute approximate surface area is 123 Å². The van der Waals surface area contributed by atoms with Gasteiger partial charge in [-0.25, -0.2) is 13.2 Å². The maximum atomic E-state index is 11.6. The summed E-state index contributed by atoms with van der Waals surface area (Å²) >= 11 is 0. The number of carbonyl (C=O) groups excluding carboxylic acids is 1. The number of nitrogens with one attached hydrogen (secondary N) is 2. The SMILES string of the molecule is CS(=O)(=O)CCNC(=O)Nc1cccc(CCC(=O)O)c1. The van der Waals surface area contributed by atoms with Crippen LogP contribution in [0.5, 0.6) is 0 Å². The Morgan fingerprint density at radius 2 is 2.00 bits per heavy atom. The number of carbonyl (C=O) groups is 2. The van der Waals surface area contributed by atoms with Gasteiger partial charge in [-0.05, 0) is 24.1 Å². The number of sulfone groups is 1. The molecule has 1 rings (SSSR count). The van der Waals surface area contributed by atoms with E-state index in [2.05, 4.69) is 10.6 Å². The van der Waals surface area contributed by atoms with Crippen LogP contribution in [0, 0.1) is 0 Å². The fourth-order valence-electron chi connectivity index (χ4n) is 1.58. The van der Waals surface area contributed by atoms with E-state index in [1.54, 1.807) is 24.3 Å². The Hall–Kier alpha value is -2.09. The molecule has 0 saturated carbocycles. The van der Waals surface area contributed by atoms with Crippen LogP contribution in [0.2, 0.25) is 0 Å². The Morgan fingerprint density at radius 3 is 2.62 bits per heavy atom. The summed E-state index contributed by atoms with van der Waals surface area (Å²) in [6, 6.07) is 6.33. The minimum atomic E-state index is -3.11. The van der Waals surface area contributed by atoms with Crippen molar-refractivity contribution in [3.8, 4) is 0 Å². The van der Waals surface area contributed by atoms with Crippen LogP contribution in [-0.4, -0.2) is 44.1 Å². The van der Waals surface area contributed by atoms with Gasteiger partial charge >= 0.3 is 12.0 Å². The zero-order valence-electron chi connectivity index (χ0n) is 11.6. The van der Waals surface area contributed by atoms with Crippen molar-refractivity contribution < 1.29 is 23.1 Å². The number of anilines is 1. The summed E-state index contributed by atoms with van der Waals surface area (Å²) in [6.07, 6.45) is 1.49. The van der Waals surface area contributed by atoms with Crippen LogP contribution in [0.25, 0.3) is 0 Å². The number of hydrogen-bond donors (Lipinski definition) is 3. The standard InChI is InChI=1S/C13H18N2O5S/c1-21(19,20)8-7-14-13(18)15-11-4-2-3-10(9-11)5-6-12(16)17/h2-4,9H,5-8H2,1H3,(H,16,17)(H2,14,15,18). The van der Waals surface area contributed by atoms with Crippen LogP contribution in [0.1, 0.15) is 12.0 Å². The van der Waals surface area contributed by atoms with Crippen LogP contribution >= 0.6 is 0 Å². The lowest BCUT2D eigenvalue weighted by Gasteiger charge is -2.08. The third-order valence-electron chi connectivity index (χ3n) is 2.57. The Kier molecular flexibility index (Phi) is 6.16. The van der Waals surface area contributed by atoms with E-state index in [4.69, 9.17) is 5.11 Å². The summed E-state index contributed by atoms with van der Waals surface area (Å²) in [6.45, 7) is 0.0311. The van der Waals surface area contributed by atoms with Crippen LogP contribution in [0.15, 0.2) is 24.3 Å². The largest absolute Gasteiger partial charge is 0.481 e. The van der Waals surface area contributed by atoms with Crippen LogP contribution in [0.3, 0.4) is 0 Å². The fraction of sp³-hybridized carbons (Fsp3) is 0.385. The van der Waals surface area contributed by atoms with Crippen molar-refractivity contribution in [2.75, 3.05) is 23.9 Å². The predicted molar refractivity (Wildman–Crippen MR) is 79.1 cm³/mol. The number of hydrogen-bond acceptors (Lipinski definition) is 4. The minimum Gasteiger partial charge on any atom is -0.481 e. The molecular weight excluding hydrogens is 296 g/mol. The molecule has 0 heterocycles. The number of carboxylic acid groups (broad SMARTS) is 1. The van der Waals surface area contributed by atoms with Gasteiger partial charge in [0.15, 0.2) is 0 Å². The third kappa shape index (κ3) is 7.93. The second-order valence-electron chi connectivity index (χ2n) is 4.60. The molecule has 1 aromatic rings. The summed E-state index contributed by atoms with van der Waals surface area (Å²) in [5, 5.41) is 13.6. The van der Waals surface area contributed by atoms with E-state index in [0.717, 1.165) is 11.8 Å². The van der Waals surface area contributed by atoms with E-state index in [-0.39, 0.29) is 18.7 Å². The van der Waals surface area contributed by atoms with Crippen molar-refractivity contribution in [2.24, 2.45) is 0 Å². The normalized spacial score (nSPS) is 10.9. The third-order valence-corrected chi connectivity index (χ3v) is 3.52. The van der Waals surface area contributed by atoms with Gasteiger partial charge < -0.3 is 15.7 Å². The zero-order valence-corrected chi connectivity index (χ0v) is 12.4. The first-order valence-corrected chi connectivity index (χ1v) is 8.35. The molecule has 3 N–H and O–H groups in total. The Balaban J connectivity index is 2.48. The van der Waals surface area contributed by atoms with Gasteiger partial charge in [0.1, 0.15) is 9.84 Å². The van der Waals surface area contributed by atoms with Crippen molar-refractivity contribution in [3.05, 3.63) is 29.8 Å². The molecule has 0 aromatic heterocycles. The summed E-state index contributed by atoms with van der Waals surface area (Å²) in [4.78, 5) is 22.1. The molecule has 0 fully saturated rings. The highest BCUT2D eigenvalue weighted by molar-refractivity contribution is 7.90. The van der Waals surface area contributed by atoms with Gasteiger partial charge in [-0.15, -0.1) is 0 Å². The lowest BCUT2D eigenvalue weighted by molar-refractivity contribution is -0.136. The van der Waals surface area contributed by atoms with Gasteiger partial charge in [-0.2, -0.15) is 0 Å². The highest BCUT2D eigenvalue weighted by Crippen LogP contribution is 2.12. The number of benzene rings is 1. The first-order valence-electron chi connectivity index (χ1n) is 6.29. The van der Waals surface area contributed by atoms with Gasteiger partial charge in [0, 0.05) is 24.9 Å². The summed E-state index contributed by atoms with van der Waals surface area (Å²) in [7, 11) is -3.11. The minimum absolute atomic E-state index is 0.0179. The van der Waals surface area contributed by atoms with Crippen molar-refractivity contribution in [3.63, 3.8) is 0 Å². The maximum absolute atomic E-state index is 11.6. The highest BCUT2D eigenvalue weighted by atomic mass is 32.2. The average Bonchev–Trinajstić information content (AvgIpc) is 2.35. The Morgan fingerprint density at radius 1 is 1.29 bits per heavy atom. The van der Waals surface area contributed by atoms with E-state index in [0.29, 0.717) is 12.1 Å². The smallest absolute Gasteiger partial charge is 0.319 e. The van der Waals surface area contributed by atoms with Crippen molar-refractivity contribution in [1.29, 1.82) is 0 Å². The van der Waals surface area contributed by atoms with Crippen LogP contribution in [0.4, 0.5) is 10.5 Å². The number of rotatable bonds is 7. The highest BCUT2D eigenvalue weighted by Gasteiger charge is 2.06. The molecule has 0 saturated heterocycles. The first-order chi connectivity index (χ1) is 9.76. The molecule has 0 atom stereocenters. The van der Waals surface area contributed by atoms with Crippen LogP contribution < -0.4 is 10.6 Å². The summed E-state index contributed by atoms with van der Waals surface area (Å²) < 4.78 is 21.8. The fourth-order valence-corrected chi connectivity index (χ4v) is 2.05. The molecule has 7 nitrogen and oxygen atoms in total. The second kappa shape index (κ2) is 7.63. The molecule has 0 aliphatic heterocycles. The van der Waals surface area contributed by atoms with Crippen molar-refractivity contribution in [1.82, 2.24) is 5.32 Å². The number of urea groups is 1. The van der Waals surface area contributed by atoms with Gasteiger partial charge in [0.25, 0.3) is 0 Å². The van der Waals surface area contributed by atoms with E-state index >= 15 is 0 Å². The van der Waals surface area contributed by atoms with Crippen LogP contribution in [-0.2, 0) is 21.1 Å². The zero-order chi connectivity index (χ0) is 15.9. The second-order valence-corrected chi connectivity index (χ2v) is 6.86. The molecule has 8 heteroatoms. The van der Waals surface area contributed by atoms with Gasteiger partial charge in [0.05, 0.1) is 5.75 Å². The van der Waals surface area contributed by atoms with E-state index < -0.39 is 21.8 Å². The molecule has 0 unspecified atom stereocenters. The topological polar surface area (TPSA) is 113 Å². The van der Waals surface area contributed by atoms with Gasteiger partial charge in [-0.3, -0.25) is 4.79 Å². The van der Waals surface area contributed by atoms with Crippen molar-refractivity contribution in [2.45, 2.75) is 12.8 Å². The Bertz CT molecular complexity index is 613. The molecule has 21 heavy (non-hydrogen) atoms. The monoisotopic (exact) mass is 314 g/mol. The van der Waals surface area contributed by atoms with E-state index in [9.17, 15) is 18.0 Å². The average molecular weight is 314 g/mol. The maximum Gasteiger partial charge on any atom is 0.319 e. The van der Waals surface area contributed by atoms with E-state index in [1.165, 1.54) is 0 Å². The summed E-state index contributed by atoms with van der Waals surface area (Å²) in [5.41, 5.74) is 1.32. The predicted octanol–water partition coefficient (Wildman–Crippen LogP) is 0.870. The molecule has 0 aliphatic rings. The molecular formula is C13H18N2O5S. The number of aryl methyl sites for hydroxylation is 1. The summed E-state index contributed by atoms with van der Waals surface area (Å²) in [5.74, 6) is -1.01. The van der Waals surface area contributed by atoms with Gasteiger partial charge in [0.2, 0.25) is 0 Å².